The van der Waals surface area contributed by atoms with Gasteiger partial charge in [0.2, 0.25) is 5.91 Å². The van der Waals surface area contributed by atoms with E-state index in [0.717, 1.165) is 0 Å². The van der Waals surface area contributed by atoms with Crippen molar-refractivity contribution in [2.45, 2.75) is 24.0 Å². The van der Waals surface area contributed by atoms with E-state index in [0.29, 0.717) is 17.9 Å². The van der Waals surface area contributed by atoms with Crippen LogP contribution in [0.1, 0.15) is 12.5 Å². The summed E-state index contributed by atoms with van der Waals surface area (Å²) in [5, 5.41) is 1.34. The first-order valence-corrected chi connectivity index (χ1v) is 7.72. The molecule has 0 radical (unpaired) electrons. The molecule has 1 atom stereocenters. The van der Waals surface area contributed by atoms with E-state index < -0.39 is 21.0 Å². The van der Waals surface area contributed by atoms with Crippen molar-refractivity contribution in [2.75, 3.05) is 26.0 Å². The predicted molar refractivity (Wildman–Crippen MR) is 77.1 cm³/mol. The number of aryl methyl sites for hydroxylation is 1. The van der Waals surface area contributed by atoms with Gasteiger partial charge >= 0.3 is 0 Å². The van der Waals surface area contributed by atoms with Gasteiger partial charge in [-0.25, -0.2) is 8.42 Å². The van der Waals surface area contributed by atoms with Crippen molar-refractivity contribution in [3.63, 3.8) is 0 Å². The van der Waals surface area contributed by atoms with Crippen molar-refractivity contribution in [3.05, 3.63) is 23.8 Å². The first-order chi connectivity index (χ1) is 9.30. The van der Waals surface area contributed by atoms with Gasteiger partial charge in [0, 0.05) is 19.3 Å². The van der Waals surface area contributed by atoms with Crippen LogP contribution in [0.25, 0.3) is 0 Å². The lowest BCUT2D eigenvalue weighted by molar-refractivity contribution is -0.120. The lowest BCUT2D eigenvalue weighted by Crippen LogP contribution is -2.39. The molecule has 0 saturated carbocycles. The van der Waals surface area contributed by atoms with Gasteiger partial charge in [-0.2, -0.15) is 0 Å². The van der Waals surface area contributed by atoms with Crippen LogP contribution >= 0.6 is 0 Å². The van der Waals surface area contributed by atoms with Crippen molar-refractivity contribution in [1.82, 2.24) is 5.32 Å². The molecule has 20 heavy (non-hydrogen) atoms. The summed E-state index contributed by atoms with van der Waals surface area (Å²) in [5.74, 6) is -0.552. The van der Waals surface area contributed by atoms with Crippen molar-refractivity contribution in [2.24, 2.45) is 0 Å². The van der Waals surface area contributed by atoms with Crippen LogP contribution in [0, 0.1) is 6.92 Å². The third-order valence-corrected chi connectivity index (χ3v) is 5.16. The third-order valence-electron chi connectivity index (χ3n) is 2.96. The zero-order chi connectivity index (χ0) is 15.3. The van der Waals surface area contributed by atoms with Gasteiger partial charge in [-0.15, -0.1) is 0 Å². The number of hydrogen-bond donors (Lipinski definition) is 2. The van der Waals surface area contributed by atoms with Gasteiger partial charge in [-0.3, -0.25) is 4.79 Å². The van der Waals surface area contributed by atoms with Crippen LogP contribution < -0.4 is 11.1 Å². The maximum absolute atomic E-state index is 12.4. The Hall–Kier alpha value is -1.60. The highest BCUT2D eigenvalue weighted by molar-refractivity contribution is 7.92. The molecule has 7 heteroatoms. The van der Waals surface area contributed by atoms with Crippen LogP contribution in [0.3, 0.4) is 0 Å². The minimum atomic E-state index is -3.76. The average Bonchev–Trinajstić information content (AvgIpc) is 2.40. The molecule has 0 fully saturated rings. The maximum atomic E-state index is 12.4. The Morgan fingerprint density at radius 3 is 2.70 bits per heavy atom. The zero-order valence-electron chi connectivity index (χ0n) is 11.8. The van der Waals surface area contributed by atoms with Crippen LogP contribution in [-0.2, 0) is 19.4 Å². The summed E-state index contributed by atoms with van der Waals surface area (Å²) in [6.45, 7) is 3.63. The first-order valence-electron chi connectivity index (χ1n) is 6.17. The summed E-state index contributed by atoms with van der Waals surface area (Å²) in [4.78, 5) is 11.9. The Morgan fingerprint density at radius 1 is 1.45 bits per heavy atom. The maximum Gasteiger partial charge on any atom is 0.238 e. The summed E-state index contributed by atoms with van der Waals surface area (Å²) in [5.41, 5.74) is 6.53. The molecule has 0 aliphatic rings. The Labute approximate surface area is 119 Å². The van der Waals surface area contributed by atoms with Gasteiger partial charge in [0.1, 0.15) is 5.25 Å². The molecule has 0 aromatic heterocycles. The van der Waals surface area contributed by atoms with E-state index in [-0.39, 0.29) is 11.4 Å². The Kier molecular flexibility index (Phi) is 5.52. The third kappa shape index (κ3) is 3.71. The Balaban J connectivity index is 2.98. The normalized spacial score (nSPS) is 12.9. The molecule has 0 aliphatic heterocycles. The summed E-state index contributed by atoms with van der Waals surface area (Å²) in [7, 11) is -2.26. The monoisotopic (exact) mass is 300 g/mol. The van der Waals surface area contributed by atoms with Gasteiger partial charge in [0.05, 0.1) is 11.5 Å². The van der Waals surface area contributed by atoms with Gasteiger partial charge in [-0.1, -0.05) is 6.07 Å². The molecular weight excluding hydrogens is 280 g/mol. The first kappa shape index (κ1) is 16.5. The van der Waals surface area contributed by atoms with Crippen LogP contribution in [-0.4, -0.2) is 39.8 Å². The lowest BCUT2D eigenvalue weighted by atomic mass is 10.2. The SMILES string of the molecule is COCCNC(=O)C(C)S(=O)(=O)c1cc(N)ccc1C. The number of sulfone groups is 1. The second-order valence-electron chi connectivity index (χ2n) is 4.50. The minimum absolute atomic E-state index is 0.0897. The van der Waals surface area contributed by atoms with Crippen molar-refractivity contribution >= 4 is 21.4 Å². The second kappa shape index (κ2) is 6.71. The summed E-state index contributed by atoms with van der Waals surface area (Å²) in [6.07, 6.45) is 0. The van der Waals surface area contributed by atoms with E-state index in [2.05, 4.69) is 5.32 Å². The highest BCUT2D eigenvalue weighted by atomic mass is 32.2. The second-order valence-corrected chi connectivity index (χ2v) is 6.73. The molecule has 1 aromatic carbocycles. The fourth-order valence-electron chi connectivity index (χ4n) is 1.67. The largest absolute Gasteiger partial charge is 0.399 e. The molecule has 1 aromatic rings. The standard InChI is InChI=1S/C13H20N2O4S/c1-9-4-5-11(14)8-12(9)20(17,18)10(2)13(16)15-6-7-19-3/h4-5,8,10H,6-7,14H2,1-3H3,(H,15,16). The van der Waals surface area contributed by atoms with Crippen LogP contribution in [0.5, 0.6) is 0 Å². The number of benzene rings is 1. The summed E-state index contributed by atoms with van der Waals surface area (Å²) in [6, 6.07) is 4.62. The van der Waals surface area contributed by atoms with E-state index in [1.54, 1.807) is 19.1 Å². The summed E-state index contributed by atoms with van der Waals surface area (Å²) >= 11 is 0. The zero-order valence-corrected chi connectivity index (χ0v) is 12.7. The number of amides is 1. The molecule has 0 spiro atoms. The lowest BCUT2D eigenvalue weighted by Gasteiger charge is -2.15. The number of ether oxygens (including phenoxy) is 1. The fraction of sp³-hybridized carbons (Fsp3) is 0.462. The van der Waals surface area contributed by atoms with E-state index in [1.165, 1.54) is 20.1 Å². The number of nitrogens with one attached hydrogen (secondary N) is 1. The molecule has 0 heterocycles. The number of nitrogens with two attached hydrogens (primary N) is 1. The molecular formula is C13H20N2O4S. The van der Waals surface area contributed by atoms with E-state index >= 15 is 0 Å². The van der Waals surface area contributed by atoms with Gasteiger partial charge in [0.15, 0.2) is 9.84 Å². The van der Waals surface area contributed by atoms with Crippen LogP contribution in [0.2, 0.25) is 0 Å². The van der Waals surface area contributed by atoms with Gasteiger partial charge < -0.3 is 15.8 Å². The number of rotatable bonds is 6. The molecule has 3 N–H and O–H groups in total. The number of carbonyl (C=O) groups is 1. The topological polar surface area (TPSA) is 98.5 Å². The number of hydrogen-bond acceptors (Lipinski definition) is 5. The molecule has 1 unspecified atom stereocenters. The van der Waals surface area contributed by atoms with Crippen LogP contribution in [0.15, 0.2) is 23.1 Å². The number of nitrogen functional groups attached to an aromatic ring is 1. The van der Waals surface area contributed by atoms with E-state index in [9.17, 15) is 13.2 Å². The van der Waals surface area contributed by atoms with E-state index in [1.807, 2.05) is 0 Å². The fourth-order valence-corrected chi connectivity index (χ4v) is 3.24. The number of carbonyl (C=O) groups excluding carboxylic acids is 1. The Bertz CT molecular complexity index is 584. The highest BCUT2D eigenvalue weighted by Crippen LogP contribution is 2.22. The van der Waals surface area contributed by atoms with Crippen molar-refractivity contribution in [3.8, 4) is 0 Å². The quantitative estimate of drug-likeness (QED) is 0.589. The molecule has 0 saturated heterocycles. The summed E-state index contributed by atoms with van der Waals surface area (Å²) < 4.78 is 29.7. The van der Waals surface area contributed by atoms with E-state index in [4.69, 9.17) is 10.5 Å². The van der Waals surface area contributed by atoms with Crippen molar-refractivity contribution in [1.29, 1.82) is 0 Å². The number of anilines is 1. The number of methoxy groups -OCH3 is 1. The molecule has 112 valence electrons. The molecule has 0 aliphatic carbocycles. The highest BCUT2D eigenvalue weighted by Gasteiger charge is 2.30. The van der Waals surface area contributed by atoms with Gasteiger partial charge in [0.25, 0.3) is 0 Å². The van der Waals surface area contributed by atoms with Gasteiger partial charge in [-0.05, 0) is 31.5 Å². The molecule has 6 nitrogen and oxygen atoms in total. The molecule has 1 amide bonds. The predicted octanol–water partition coefficient (Wildman–Crippen LogP) is 0.502. The molecule has 1 rings (SSSR count). The van der Waals surface area contributed by atoms with Crippen molar-refractivity contribution < 1.29 is 17.9 Å². The average molecular weight is 300 g/mol. The minimum Gasteiger partial charge on any atom is -0.399 e. The van der Waals surface area contributed by atoms with Crippen LogP contribution in [0.4, 0.5) is 5.69 Å². The Morgan fingerprint density at radius 2 is 2.10 bits per heavy atom. The molecule has 0 bridgehead atoms. The smallest absolute Gasteiger partial charge is 0.238 e.